The van der Waals surface area contributed by atoms with Gasteiger partial charge in [-0.15, -0.1) is 0 Å². The van der Waals surface area contributed by atoms with Crippen LogP contribution in [0.2, 0.25) is 0 Å². The molecular weight excluding hydrogens is 79.0 g/mol. The van der Waals surface area contributed by atoms with E-state index in [1.54, 1.807) is 0 Å². The van der Waals surface area contributed by atoms with Gasteiger partial charge in [-0.25, -0.2) is 0 Å². The monoisotopic (exact) mass is 82.0 g/mol. The summed E-state index contributed by atoms with van der Waals surface area (Å²) in [4.78, 5) is 1.50. The minimum atomic E-state index is 0. The van der Waals surface area contributed by atoms with Crippen LogP contribution in [0.4, 0.5) is 0 Å². The third kappa shape index (κ3) is 302. The van der Waals surface area contributed by atoms with Crippen molar-refractivity contribution in [2.45, 2.75) is 0 Å². The summed E-state index contributed by atoms with van der Waals surface area (Å²) in [5.41, 5.74) is 13.5. The Morgan fingerprint density at radius 3 is 1.20 bits per heavy atom. The first kappa shape index (κ1) is 18.6. The quantitative estimate of drug-likeness (QED) is 0.156. The fraction of sp³-hybridized carbons (Fsp3) is 0. The van der Waals surface area contributed by atoms with Crippen molar-refractivity contribution in [2.24, 2.45) is 0 Å². The van der Waals surface area contributed by atoms with E-state index < -0.39 is 0 Å². The van der Waals surface area contributed by atoms with E-state index in [0.717, 1.165) is 0 Å². The van der Waals surface area contributed by atoms with E-state index in [1.807, 2.05) is 0 Å². The van der Waals surface area contributed by atoms with Crippen molar-refractivity contribution in [1.29, 1.82) is 0 Å². The smallest absolute Gasteiger partial charge is 0.373 e. The van der Waals surface area contributed by atoms with E-state index in [1.165, 1.54) is 4.91 Å². The van der Waals surface area contributed by atoms with E-state index >= 15 is 0 Å². The molecule has 0 unspecified atom stereocenters. The molecule has 0 saturated carbocycles. The molecule has 0 rings (SSSR count). The van der Waals surface area contributed by atoms with Gasteiger partial charge in [-0.2, -0.15) is 0 Å². The molecule has 0 heterocycles. The Balaban J connectivity index is -0.0000000200. The van der Waals surface area contributed by atoms with Gasteiger partial charge in [0.1, 0.15) is 0 Å². The average Bonchev–Trinajstić information content (AvgIpc) is 0.918. The Labute approximate surface area is 51.8 Å². The summed E-state index contributed by atoms with van der Waals surface area (Å²) in [6.45, 7) is 0. The van der Waals surface area contributed by atoms with Crippen molar-refractivity contribution >= 4 is 0 Å². The molecule has 3 N–H and O–H groups in total. The van der Waals surface area contributed by atoms with Crippen LogP contribution in [-0.2, 0) is 0 Å². The summed E-state index contributed by atoms with van der Waals surface area (Å²) in [5, 5.41) is 0. The summed E-state index contributed by atoms with van der Waals surface area (Å²) in [5.74, 6) is 0. The fourth-order valence-corrected chi connectivity index (χ4v) is 0. The molecule has 5 heteroatoms. The number of hydrogen-bond acceptors (Lipinski definition) is 1. The van der Waals surface area contributed by atoms with Crippen LogP contribution < -0.4 is 35.7 Å². The van der Waals surface area contributed by atoms with Crippen molar-refractivity contribution in [2.75, 3.05) is 0 Å². The van der Waals surface area contributed by atoms with E-state index in [2.05, 4.69) is 0 Å². The predicted molar refractivity (Wildman–Crippen MR) is 15.1 cm³/mol. The maximum absolute atomic E-state index is 6.75. The molecule has 0 spiro atoms. The summed E-state index contributed by atoms with van der Waals surface area (Å²) in [6, 6.07) is 0. The molecule has 0 aromatic rings. The van der Waals surface area contributed by atoms with Gasteiger partial charge in [-0.3, -0.25) is 4.91 Å². The van der Waals surface area contributed by atoms with Gasteiger partial charge in [-0.05, 0) is 0 Å². The zero-order valence-corrected chi connectivity index (χ0v) is 5.05. The first-order valence-corrected chi connectivity index (χ1v) is 0.400. The fourth-order valence-electron chi connectivity index (χ4n) is 0. The zero-order chi connectivity index (χ0) is 2.71. The third-order valence-electron chi connectivity index (χ3n) is 0. The molecule has 0 saturated heterocycles. The molecular formula is H3N4Na. The Morgan fingerprint density at radius 1 is 1.20 bits per heavy atom. The SMILES string of the molecule is N.[N-]=[N+]=[N-].[Na+]. The number of rotatable bonds is 0. The average molecular weight is 82.0 g/mol. The van der Waals surface area contributed by atoms with E-state index in [-0.39, 0.29) is 35.7 Å². The van der Waals surface area contributed by atoms with Gasteiger partial charge in [0.2, 0.25) is 0 Å². The van der Waals surface area contributed by atoms with Crippen LogP contribution in [0.25, 0.3) is 16.0 Å². The van der Waals surface area contributed by atoms with Crippen LogP contribution in [-0.4, -0.2) is 0 Å². The minimum absolute atomic E-state index is 0. The zero-order valence-electron chi connectivity index (χ0n) is 3.05. The van der Waals surface area contributed by atoms with Crippen molar-refractivity contribution in [1.82, 2.24) is 6.15 Å². The van der Waals surface area contributed by atoms with Crippen LogP contribution >= 0.6 is 0 Å². The van der Waals surface area contributed by atoms with E-state index in [9.17, 15) is 0 Å². The molecule has 0 atom stereocenters. The van der Waals surface area contributed by atoms with Gasteiger partial charge < -0.3 is 17.2 Å². The van der Waals surface area contributed by atoms with Crippen LogP contribution in [0, 0.1) is 0 Å². The molecule has 24 valence electrons. The van der Waals surface area contributed by atoms with E-state index in [0.29, 0.717) is 0 Å². The molecule has 0 aliphatic rings. The predicted octanol–water partition coefficient (Wildman–Crippen LogP) is -1.97. The van der Waals surface area contributed by atoms with Gasteiger partial charge >= 0.3 is 29.6 Å². The van der Waals surface area contributed by atoms with Crippen LogP contribution in [0.1, 0.15) is 0 Å². The number of nitrogens with zero attached hydrogens (tertiary/aromatic N) is 3. The van der Waals surface area contributed by atoms with Crippen LogP contribution in [0.3, 0.4) is 0 Å². The first-order chi connectivity index (χ1) is 1.41. The van der Waals surface area contributed by atoms with Crippen LogP contribution in [0.15, 0.2) is 0 Å². The molecule has 0 bridgehead atoms. The minimum Gasteiger partial charge on any atom is -0.373 e. The van der Waals surface area contributed by atoms with Crippen LogP contribution in [0.5, 0.6) is 0 Å². The summed E-state index contributed by atoms with van der Waals surface area (Å²) < 4.78 is 0. The second-order valence-corrected chi connectivity index (χ2v) is 0.0894. The maximum Gasteiger partial charge on any atom is 1.00 e. The largest absolute Gasteiger partial charge is 1.00 e. The maximum atomic E-state index is 6.75. The van der Waals surface area contributed by atoms with Crippen molar-refractivity contribution in [3.8, 4) is 0 Å². The van der Waals surface area contributed by atoms with Gasteiger partial charge in [0, 0.05) is 0 Å². The molecule has 0 amide bonds. The van der Waals surface area contributed by atoms with Crippen molar-refractivity contribution < 1.29 is 29.6 Å². The standard InChI is InChI=1S/N3.H3N.Na/c1-3-2;;/h;1H3;/q-1;;+1. The van der Waals surface area contributed by atoms with Gasteiger partial charge in [0.05, 0.1) is 0 Å². The Kier molecular flexibility index (Phi) is 106. The number of hydrogen-bond donors (Lipinski definition) is 1. The molecule has 0 radical (unpaired) electrons. The normalized spacial score (nSPS) is 1.60. The van der Waals surface area contributed by atoms with Gasteiger partial charge in [0.15, 0.2) is 0 Å². The summed E-state index contributed by atoms with van der Waals surface area (Å²) >= 11 is 0. The molecule has 0 aliphatic carbocycles. The molecule has 0 fully saturated rings. The molecule has 0 aromatic carbocycles. The molecule has 0 aromatic heterocycles. The summed E-state index contributed by atoms with van der Waals surface area (Å²) in [6.07, 6.45) is 0. The molecule has 5 heavy (non-hydrogen) atoms. The Morgan fingerprint density at radius 2 is 1.20 bits per heavy atom. The topological polar surface area (TPSA) is 93.7 Å². The van der Waals surface area contributed by atoms with E-state index in [4.69, 9.17) is 11.1 Å². The Hall–Kier alpha value is 0.270. The van der Waals surface area contributed by atoms with Crippen molar-refractivity contribution in [3.63, 3.8) is 0 Å². The summed E-state index contributed by atoms with van der Waals surface area (Å²) in [7, 11) is 0. The third-order valence-corrected chi connectivity index (χ3v) is 0. The van der Waals surface area contributed by atoms with Crippen molar-refractivity contribution in [3.05, 3.63) is 16.0 Å². The second kappa shape index (κ2) is 28.3. The molecule has 4 nitrogen and oxygen atoms in total. The second-order valence-electron chi connectivity index (χ2n) is 0.0894. The first-order valence-electron chi connectivity index (χ1n) is 0.400. The van der Waals surface area contributed by atoms with Gasteiger partial charge in [0.25, 0.3) is 0 Å². The Bertz CT molecular complexity index is 24.6. The van der Waals surface area contributed by atoms with Gasteiger partial charge in [-0.1, -0.05) is 0 Å². The molecule has 0 aliphatic heterocycles.